The van der Waals surface area contributed by atoms with Crippen molar-refractivity contribution in [3.8, 4) is 0 Å². The lowest BCUT2D eigenvalue weighted by molar-refractivity contribution is -0.868. The van der Waals surface area contributed by atoms with Crippen LogP contribution in [0.15, 0.2) is 0 Å². The zero-order valence-electron chi connectivity index (χ0n) is 12.0. The van der Waals surface area contributed by atoms with E-state index in [1.165, 1.54) is 13.1 Å². The molecule has 0 aliphatic heterocycles. The van der Waals surface area contributed by atoms with Crippen LogP contribution in [-0.4, -0.2) is 73.5 Å². The van der Waals surface area contributed by atoms with Crippen molar-refractivity contribution in [3.63, 3.8) is 0 Å². The van der Waals surface area contributed by atoms with Gasteiger partial charge in [0, 0.05) is 9.17 Å². The molecule has 0 aliphatic rings. The van der Waals surface area contributed by atoms with Crippen molar-refractivity contribution < 1.29 is 23.0 Å². The van der Waals surface area contributed by atoms with Crippen molar-refractivity contribution in [1.29, 1.82) is 0 Å². The Morgan fingerprint density at radius 2 is 0.875 bits per heavy atom. The Hall–Kier alpha value is -0.463. The highest BCUT2D eigenvalue weighted by Crippen LogP contribution is 1.84. The molecule has 0 saturated carbocycles. The van der Waals surface area contributed by atoms with Crippen LogP contribution >= 0.6 is 0 Å². The monoisotopic (exact) mass is 252 g/mol. The van der Waals surface area contributed by atoms with E-state index < -0.39 is 9.17 Å². The third-order valence-electron chi connectivity index (χ3n) is 1.90. The summed E-state index contributed by atoms with van der Waals surface area (Å²) >= 11 is 0. The van der Waals surface area contributed by atoms with Crippen molar-refractivity contribution in [2.75, 3.05) is 55.4 Å². The molecule has 0 rings (SSSR count). The van der Waals surface area contributed by atoms with E-state index in [0.29, 0.717) is 0 Å². The van der Waals surface area contributed by atoms with E-state index in [4.69, 9.17) is 14.1 Å². The maximum atomic E-state index is 8.52. The van der Waals surface area contributed by atoms with Gasteiger partial charge in [-0.3, -0.25) is 0 Å². The van der Waals surface area contributed by atoms with Gasteiger partial charge in [0.1, 0.15) is 0 Å². The van der Waals surface area contributed by atoms with Gasteiger partial charge in [-0.15, -0.1) is 0 Å². The van der Waals surface area contributed by atoms with Crippen molar-refractivity contribution in [2.45, 2.75) is 13.8 Å². The predicted molar refractivity (Wildman–Crippen MR) is 63.6 cm³/mol. The molecule has 0 spiro atoms. The molecule has 0 N–H and O–H groups in total. The molecule has 0 aliphatic carbocycles. The molecule has 0 unspecified atom stereocenters. The van der Waals surface area contributed by atoms with E-state index >= 15 is 0 Å². The van der Waals surface area contributed by atoms with Gasteiger partial charge in [-0.05, 0) is 13.8 Å². The molecule has 16 heavy (non-hydrogen) atoms. The van der Waals surface area contributed by atoms with E-state index in [1.54, 1.807) is 0 Å². The Morgan fingerprint density at radius 3 is 0.875 bits per heavy atom. The first kappa shape index (κ1) is 20.9. The van der Waals surface area contributed by atoms with E-state index in [9.17, 15) is 0 Å². The van der Waals surface area contributed by atoms with E-state index in [1.807, 2.05) is 0 Å². The van der Waals surface area contributed by atoms with Crippen LogP contribution in [0.1, 0.15) is 13.8 Å². The lowest BCUT2D eigenvalue weighted by Gasteiger charge is -2.20. The summed E-state index contributed by atoms with van der Waals surface area (Å²) in [5.74, 6) is 0. The van der Waals surface area contributed by atoms with Crippen molar-refractivity contribution in [3.05, 3.63) is 0 Å². The third kappa shape index (κ3) is 69.4. The smallest absolute Gasteiger partial charge is 0.0751 e. The lowest BCUT2D eigenvalue weighted by atomic mass is 10.6. The number of rotatable bonds is 2. The summed E-state index contributed by atoms with van der Waals surface area (Å²) in [6, 6.07) is 0. The van der Waals surface area contributed by atoms with Crippen molar-refractivity contribution in [2.24, 2.45) is 0 Å². The molecule has 0 aromatic heterocycles. The maximum absolute atomic E-state index is 8.52. The van der Waals surface area contributed by atoms with Crippen molar-refractivity contribution >= 4 is 9.17 Å². The highest BCUT2D eigenvalue weighted by Gasteiger charge is 1.98. The first-order valence-corrected chi connectivity index (χ1v) is 6.57. The summed E-state index contributed by atoms with van der Waals surface area (Å²) in [7, 11) is 9.45. The molecule has 0 radical (unpaired) electrons. The van der Waals surface area contributed by atoms with E-state index in [-0.39, 0.29) is 0 Å². The van der Waals surface area contributed by atoms with Gasteiger partial charge in [0.25, 0.3) is 0 Å². The zero-order chi connectivity index (χ0) is 14.0. The number of hydrogen-bond donors (Lipinski definition) is 0. The second-order valence-corrected chi connectivity index (χ2v) is 5.96. The summed E-state index contributed by atoms with van der Waals surface area (Å²) < 4.78 is 10.7. The first-order chi connectivity index (χ1) is 6.85. The number of quaternary nitrogens is 2. The van der Waals surface area contributed by atoms with Gasteiger partial charge >= 0.3 is 0 Å². The van der Waals surface area contributed by atoms with Gasteiger partial charge in [-0.25, -0.2) is 0 Å². The quantitative estimate of drug-likeness (QED) is 0.446. The molecule has 0 heterocycles. The normalized spacial score (nSPS) is 10.5. The molecular formula is C10H28N2O3Si. The Morgan fingerprint density at radius 1 is 0.812 bits per heavy atom. The fraction of sp³-hybridized carbons (Fsp3) is 1.00. The molecule has 0 amide bonds. The predicted octanol–water partition coefficient (Wildman–Crippen LogP) is -1.45. The summed E-state index contributed by atoms with van der Waals surface area (Å²) in [5, 5.41) is 0. The minimum Gasteiger partial charge on any atom is -0.672 e. The van der Waals surface area contributed by atoms with Gasteiger partial charge in [-0.2, -0.15) is 0 Å². The van der Waals surface area contributed by atoms with Gasteiger partial charge in [0.15, 0.2) is 0 Å². The second kappa shape index (κ2) is 9.74. The lowest BCUT2D eigenvalue weighted by Crippen LogP contribution is -2.34. The van der Waals surface area contributed by atoms with E-state index in [0.717, 1.165) is 8.97 Å². The van der Waals surface area contributed by atoms with Crippen molar-refractivity contribution in [1.82, 2.24) is 0 Å². The topological polar surface area (TPSA) is 63.2 Å². The summed E-state index contributed by atoms with van der Waals surface area (Å²) in [6.45, 7) is 6.78. The fourth-order valence-electron chi connectivity index (χ4n) is 0. The summed E-state index contributed by atoms with van der Waals surface area (Å²) in [5.41, 5.74) is 0. The zero-order valence-corrected chi connectivity index (χ0v) is 13.0. The van der Waals surface area contributed by atoms with Gasteiger partial charge in [-0.1, -0.05) is 0 Å². The number of hydrogen-bond acceptors (Lipinski definition) is 3. The van der Waals surface area contributed by atoms with Gasteiger partial charge in [0.05, 0.1) is 55.4 Å². The Labute approximate surface area is 102 Å². The average molecular weight is 252 g/mol. The average Bonchev–Trinajstić information content (AvgIpc) is 2.02. The molecular weight excluding hydrogens is 224 g/mol. The standard InChI is InChI=1S/2C5H14N.O3Si/c2*1-5-6(2,3)4;1-4(2)3/h2*5H2,1-4H3;/q2*+1;-2. The van der Waals surface area contributed by atoms with Crippen LogP contribution in [0, 0.1) is 0 Å². The molecule has 0 fully saturated rings. The highest BCUT2D eigenvalue weighted by atomic mass is 28.3. The minimum atomic E-state index is -3.63. The van der Waals surface area contributed by atoms with Crippen LogP contribution in [-0.2, 0) is 4.46 Å². The minimum absolute atomic E-state index is 1.07. The summed E-state index contributed by atoms with van der Waals surface area (Å²) in [6.07, 6.45) is 0. The SMILES string of the molecule is CC[N+](C)(C)C.CC[N+](C)(C)C.O=[Si]([O-])[O-]. The number of nitrogens with zero attached hydrogens (tertiary/aromatic N) is 2. The molecule has 0 saturated heterocycles. The first-order valence-electron chi connectivity index (χ1n) is 5.34. The molecule has 0 aromatic carbocycles. The van der Waals surface area contributed by atoms with Gasteiger partial charge in [0.2, 0.25) is 0 Å². The second-order valence-electron chi connectivity index (χ2n) is 5.46. The molecule has 0 aromatic rings. The third-order valence-corrected chi connectivity index (χ3v) is 1.90. The Kier molecular flexibility index (Phi) is 12.7. The van der Waals surface area contributed by atoms with Crippen LogP contribution in [0.3, 0.4) is 0 Å². The van der Waals surface area contributed by atoms with Crippen LogP contribution < -0.4 is 9.59 Å². The van der Waals surface area contributed by atoms with Crippen LogP contribution in [0.2, 0.25) is 0 Å². The van der Waals surface area contributed by atoms with E-state index in [2.05, 4.69) is 56.1 Å². The maximum Gasteiger partial charge on any atom is 0.0751 e. The Balaban J connectivity index is -0.000000162. The van der Waals surface area contributed by atoms with Gasteiger partial charge < -0.3 is 23.0 Å². The fourth-order valence-corrected chi connectivity index (χ4v) is 0. The highest BCUT2D eigenvalue weighted by molar-refractivity contribution is 6.17. The Bertz CT molecular complexity index is 156. The molecule has 5 nitrogen and oxygen atoms in total. The molecule has 0 atom stereocenters. The van der Waals surface area contributed by atoms with Crippen LogP contribution in [0.5, 0.6) is 0 Å². The van der Waals surface area contributed by atoms with Crippen LogP contribution in [0.25, 0.3) is 0 Å². The summed E-state index contributed by atoms with van der Waals surface area (Å²) in [4.78, 5) is 17.0. The molecule has 0 bridgehead atoms. The molecule has 6 heteroatoms. The largest absolute Gasteiger partial charge is 0.672 e. The van der Waals surface area contributed by atoms with Crippen LogP contribution in [0.4, 0.5) is 0 Å². The molecule has 100 valence electrons.